The minimum atomic E-state index is -5.50. The number of unbranched alkanes of at least 4 members (excludes halogenated alkanes) is 10. The van der Waals surface area contributed by atoms with Crippen LogP contribution in [0.3, 0.4) is 0 Å². The van der Waals surface area contributed by atoms with Gasteiger partial charge >= 0.3 is 33.3 Å². The summed E-state index contributed by atoms with van der Waals surface area (Å²) < 4.78 is 56.5. The molecule has 20 nitrogen and oxygen atoms in total. The van der Waals surface area contributed by atoms with Crippen LogP contribution in [-0.2, 0) is 46.3 Å². The maximum absolute atomic E-state index is 12.9. The van der Waals surface area contributed by atoms with E-state index in [-0.39, 0.29) is 31.5 Å². The highest BCUT2D eigenvalue weighted by molar-refractivity contribution is 7.61. The summed E-state index contributed by atoms with van der Waals surface area (Å²) in [5, 5.41) is 41.4. The maximum atomic E-state index is 12.9. The Morgan fingerprint density at radius 2 is 1.30 bits per heavy atom. The van der Waals surface area contributed by atoms with E-state index < -0.39 is 95.9 Å². The van der Waals surface area contributed by atoms with Crippen molar-refractivity contribution in [1.82, 2.24) is 9.55 Å². The van der Waals surface area contributed by atoms with Crippen LogP contribution in [0.25, 0.3) is 0 Å². The van der Waals surface area contributed by atoms with Crippen molar-refractivity contribution >= 4 is 33.4 Å². The molecule has 1 fully saturated rings. The smallest absolute Gasteiger partial charge is 0.462 e. The summed E-state index contributed by atoms with van der Waals surface area (Å²) >= 11 is 0. The van der Waals surface area contributed by atoms with Crippen LogP contribution < -0.4 is 11.4 Å². The Kier molecular flexibility index (Phi) is 35.0. The zero-order chi connectivity index (χ0) is 54.5. The van der Waals surface area contributed by atoms with E-state index in [0.29, 0.717) is 12.8 Å². The number of esters is 2. The highest BCUT2D eigenvalue weighted by atomic mass is 31.3. The van der Waals surface area contributed by atoms with E-state index in [1.165, 1.54) is 37.8 Å². The fourth-order valence-electron chi connectivity index (χ4n) is 7.04. The number of carbonyl (C=O) groups excluding carboxylic acids is 2. The minimum absolute atomic E-state index is 0.0440. The molecule has 1 saturated heterocycles. The number of nitrogens with zero attached hydrogens (tertiary/aromatic N) is 2. The second kappa shape index (κ2) is 39.3. The quantitative estimate of drug-likeness (QED) is 0.0106. The summed E-state index contributed by atoms with van der Waals surface area (Å²) in [6.07, 6.45) is 34.2. The Bertz CT molecular complexity index is 2110. The lowest BCUT2D eigenvalue weighted by molar-refractivity contribution is -0.161. The van der Waals surface area contributed by atoms with Gasteiger partial charge in [0.1, 0.15) is 30.7 Å². The number of aromatic nitrogens is 2. The number of hydrogen-bond acceptors (Lipinski definition) is 17. The summed E-state index contributed by atoms with van der Waals surface area (Å²) in [6.45, 7) is 1.80. The molecule has 0 bridgehead atoms. The largest absolute Gasteiger partial charge is 0.481 e. The molecule has 1 aromatic rings. The minimum Gasteiger partial charge on any atom is -0.462 e. The van der Waals surface area contributed by atoms with Gasteiger partial charge < -0.3 is 50.2 Å². The first-order chi connectivity index (χ1) is 35.5. The molecular weight excluding hydrogens is 1000 g/mol. The molecule has 8 N–H and O–H groups in total. The van der Waals surface area contributed by atoms with Crippen LogP contribution in [0.1, 0.15) is 148 Å². The van der Waals surface area contributed by atoms with E-state index in [1.54, 1.807) is 30.4 Å². The summed E-state index contributed by atoms with van der Waals surface area (Å²) in [6, 6.07) is 1.23. The van der Waals surface area contributed by atoms with Gasteiger partial charge in [0, 0.05) is 19.0 Å². The van der Waals surface area contributed by atoms with E-state index in [9.17, 15) is 53.7 Å². The van der Waals surface area contributed by atoms with Crippen LogP contribution in [0, 0.1) is 0 Å². The number of phosphoric ester groups is 2. The van der Waals surface area contributed by atoms with Crippen LogP contribution in [0.2, 0.25) is 0 Å². The van der Waals surface area contributed by atoms with Gasteiger partial charge in [0.05, 0.1) is 25.4 Å². The van der Waals surface area contributed by atoms with Crippen molar-refractivity contribution in [2.24, 2.45) is 0 Å². The molecule has 1 aliphatic heterocycles. The molecule has 2 rings (SSSR count). The highest BCUT2D eigenvalue weighted by Gasteiger charge is 2.46. The fourth-order valence-corrected chi connectivity index (χ4v) is 9.15. The van der Waals surface area contributed by atoms with E-state index in [2.05, 4.69) is 65.7 Å². The van der Waals surface area contributed by atoms with E-state index in [1.807, 2.05) is 6.08 Å². The Balaban J connectivity index is 1.89. The van der Waals surface area contributed by atoms with Crippen molar-refractivity contribution in [2.45, 2.75) is 185 Å². The maximum Gasteiger partial charge on any atom is 0.481 e. The average molecular weight is 1080 g/mol. The molecule has 2 unspecified atom stereocenters. The second-order valence-electron chi connectivity index (χ2n) is 17.7. The van der Waals surface area contributed by atoms with Gasteiger partial charge in [-0.1, -0.05) is 137 Å². The third-order valence-electron chi connectivity index (χ3n) is 11.1. The van der Waals surface area contributed by atoms with Gasteiger partial charge in [-0.2, -0.15) is 9.29 Å². The number of nitrogens with two attached hydrogens (primary N) is 1. The van der Waals surface area contributed by atoms with E-state index in [0.717, 1.165) is 75.0 Å². The number of aliphatic hydroxyl groups excluding tert-OH is 4. The molecule has 0 aliphatic carbocycles. The van der Waals surface area contributed by atoms with Gasteiger partial charge in [-0.3, -0.25) is 23.2 Å². The lowest BCUT2D eigenvalue weighted by atomic mass is 10.1. The SMILES string of the molecule is CCCCC/C=C\C/C=C\C/C=C\CCCCCCC(=O)OC[C@H](COP(=O)(O)OP(=O)(O)OC[C@H]1O[C@@H](n2ccc(N)nc2=O)[C@H](O)[C@@H]1O)OC(=O)CCC[C@@H](O)\C=C/C=C/C=C/[C@@H](O)C/C=C\CCCCC. The standard InChI is InChI=1S/C52H83N3O17P2/c1-3-5-7-9-11-12-13-14-15-16-17-18-19-20-21-23-29-35-47(58)67-39-44(70-48(59)36-30-34-43(57)33-28-25-24-27-32-42(56)31-26-22-10-8-6-4-2)40-68-73(63,64)72-74(65,66)69-41-45-49(60)50(61)51(71-45)55-38-37-46(53)54-52(55)62/h11-12,14-15,17-18,22,24-28,32-33,37-38,42-45,49-51,56-57,60-61H,3-10,13,16,19-21,23,29-31,34-36,39-41H2,1-2H3,(H,63,64)(H,65,66)(H2,53,54,62)/b12-11-,15-14-,18-17-,25-24+,26-22-,32-27+,33-28-/t42-,43-,44+,45+,49+,50+,51+/m0/s1. The molecule has 1 aliphatic rings. The van der Waals surface area contributed by atoms with Gasteiger partial charge in [-0.15, -0.1) is 0 Å². The van der Waals surface area contributed by atoms with Gasteiger partial charge in [0.2, 0.25) is 0 Å². The van der Waals surface area contributed by atoms with Crippen molar-refractivity contribution in [3.05, 3.63) is 108 Å². The number of nitrogen functional groups attached to an aromatic ring is 1. The summed E-state index contributed by atoms with van der Waals surface area (Å²) in [5.74, 6) is -1.59. The van der Waals surface area contributed by atoms with Crippen LogP contribution in [-0.4, -0.2) is 108 Å². The third kappa shape index (κ3) is 31.7. The molecule has 74 heavy (non-hydrogen) atoms. The molecule has 9 atom stereocenters. The number of rotatable bonds is 41. The highest BCUT2D eigenvalue weighted by Crippen LogP contribution is 2.60. The van der Waals surface area contributed by atoms with Crippen molar-refractivity contribution in [1.29, 1.82) is 0 Å². The van der Waals surface area contributed by atoms with Crippen molar-refractivity contribution in [3.63, 3.8) is 0 Å². The third-order valence-corrected chi connectivity index (χ3v) is 13.7. The Hall–Kier alpha value is -4.14. The Morgan fingerprint density at radius 3 is 1.93 bits per heavy atom. The molecule has 0 radical (unpaired) electrons. The number of hydrogen-bond donors (Lipinski definition) is 7. The summed E-state index contributed by atoms with van der Waals surface area (Å²) in [5.41, 5.74) is 4.56. The Labute approximate surface area is 436 Å². The first-order valence-corrected chi connectivity index (χ1v) is 28.8. The summed E-state index contributed by atoms with van der Waals surface area (Å²) in [4.78, 5) is 61.9. The first kappa shape index (κ1) is 66.0. The monoisotopic (exact) mass is 1080 g/mol. The van der Waals surface area contributed by atoms with Gasteiger partial charge in [-0.25, -0.2) is 13.9 Å². The van der Waals surface area contributed by atoms with Crippen LogP contribution in [0.5, 0.6) is 0 Å². The fraction of sp³-hybridized carbons (Fsp3) is 0.615. The molecule has 0 aromatic carbocycles. The predicted octanol–water partition coefficient (Wildman–Crippen LogP) is 8.61. The van der Waals surface area contributed by atoms with E-state index in [4.69, 9.17) is 29.0 Å². The molecular formula is C52H83N3O17P2. The molecule has 0 amide bonds. The lowest BCUT2D eigenvalue weighted by Gasteiger charge is -2.21. The predicted molar refractivity (Wildman–Crippen MR) is 282 cm³/mol. The molecule has 22 heteroatoms. The molecule has 2 heterocycles. The molecule has 0 saturated carbocycles. The van der Waals surface area contributed by atoms with E-state index >= 15 is 0 Å². The summed E-state index contributed by atoms with van der Waals surface area (Å²) in [7, 11) is -11.0. The van der Waals surface area contributed by atoms with Gasteiger partial charge in [0.15, 0.2) is 12.3 Å². The van der Waals surface area contributed by atoms with Crippen molar-refractivity contribution in [3.8, 4) is 0 Å². The topological polar surface area (TPSA) is 306 Å². The molecule has 1 aromatic heterocycles. The number of allylic oxidation sites excluding steroid dienone is 11. The lowest BCUT2D eigenvalue weighted by Crippen LogP contribution is -2.36. The van der Waals surface area contributed by atoms with Crippen LogP contribution in [0.15, 0.2) is 102 Å². The number of aliphatic hydroxyl groups is 4. The number of ether oxygens (including phenoxy) is 3. The second-order valence-corrected chi connectivity index (χ2v) is 20.8. The normalized spacial score (nSPS) is 20.4. The number of anilines is 1. The van der Waals surface area contributed by atoms with Crippen molar-refractivity contribution in [2.75, 3.05) is 25.6 Å². The number of phosphoric acid groups is 2. The van der Waals surface area contributed by atoms with Crippen LogP contribution >= 0.6 is 15.6 Å². The Morgan fingerprint density at radius 1 is 0.730 bits per heavy atom. The average Bonchev–Trinajstić information content (AvgIpc) is 3.63. The van der Waals surface area contributed by atoms with Crippen molar-refractivity contribution < 1.29 is 76.5 Å². The first-order valence-electron chi connectivity index (χ1n) is 25.8. The zero-order valence-corrected chi connectivity index (χ0v) is 44.9. The van der Waals surface area contributed by atoms with Gasteiger partial charge in [-0.05, 0) is 83.1 Å². The molecule has 0 spiro atoms. The molecule has 418 valence electrons. The number of carbonyl (C=O) groups is 2. The van der Waals surface area contributed by atoms with Gasteiger partial charge in [0.25, 0.3) is 0 Å². The zero-order valence-electron chi connectivity index (χ0n) is 43.1. The van der Waals surface area contributed by atoms with Crippen LogP contribution in [0.4, 0.5) is 5.82 Å².